The first kappa shape index (κ1) is 13.4. The highest BCUT2D eigenvalue weighted by Crippen LogP contribution is 2.30. The molecule has 19 heavy (non-hydrogen) atoms. The van der Waals surface area contributed by atoms with Crippen LogP contribution in [0.2, 0.25) is 0 Å². The molecule has 0 spiro atoms. The molecular formula is C15H13FN2S. The SMILES string of the molecule is Cc1cccc(SCc2cc(F)ccc2C#N)c1N. The van der Waals surface area contributed by atoms with Crippen LogP contribution in [0.1, 0.15) is 16.7 Å². The Kier molecular flexibility index (Phi) is 4.08. The summed E-state index contributed by atoms with van der Waals surface area (Å²) in [6, 6.07) is 12.1. The molecule has 2 aromatic rings. The minimum absolute atomic E-state index is 0.327. The van der Waals surface area contributed by atoms with Crippen molar-refractivity contribution in [2.75, 3.05) is 5.73 Å². The Morgan fingerprint density at radius 3 is 2.84 bits per heavy atom. The Labute approximate surface area is 116 Å². The van der Waals surface area contributed by atoms with Gasteiger partial charge in [-0.15, -0.1) is 11.8 Å². The molecule has 4 heteroatoms. The van der Waals surface area contributed by atoms with Crippen molar-refractivity contribution in [1.29, 1.82) is 5.26 Å². The van der Waals surface area contributed by atoms with E-state index in [2.05, 4.69) is 6.07 Å². The van der Waals surface area contributed by atoms with Gasteiger partial charge in [0.05, 0.1) is 11.6 Å². The zero-order chi connectivity index (χ0) is 13.8. The lowest BCUT2D eigenvalue weighted by Gasteiger charge is -2.08. The van der Waals surface area contributed by atoms with E-state index < -0.39 is 0 Å². The zero-order valence-corrected chi connectivity index (χ0v) is 11.3. The van der Waals surface area contributed by atoms with Crippen molar-refractivity contribution in [2.45, 2.75) is 17.6 Å². The van der Waals surface area contributed by atoms with Crippen LogP contribution in [-0.2, 0) is 5.75 Å². The Hall–Kier alpha value is -1.99. The maximum atomic E-state index is 13.2. The maximum absolute atomic E-state index is 13.2. The minimum atomic E-state index is -0.327. The molecule has 2 N–H and O–H groups in total. The number of rotatable bonds is 3. The number of hydrogen-bond acceptors (Lipinski definition) is 3. The average Bonchev–Trinajstić information content (AvgIpc) is 2.40. The van der Waals surface area contributed by atoms with E-state index in [4.69, 9.17) is 11.0 Å². The monoisotopic (exact) mass is 272 g/mol. The molecule has 0 aliphatic heterocycles. The van der Waals surface area contributed by atoms with E-state index in [0.717, 1.165) is 16.1 Å². The highest BCUT2D eigenvalue weighted by atomic mass is 32.2. The first-order valence-electron chi connectivity index (χ1n) is 5.78. The smallest absolute Gasteiger partial charge is 0.123 e. The molecule has 0 saturated heterocycles. The van der Waals surface area contributed by atoms with Crippen molar-refractivity contribution >= 4 is 17.4 Å². The molecular weight excluding hydrogens is 259 g/mol. The number of benzene rings is 2. The summed E-state index contributed by atoms with van der Waals surface area (Å²) in [6.45, 7) is 1.95. The zero-order valence-electron chi connectivity index (χ0n) is 10.5. The standard InChI is InChI=1S/C15H13FN2S/c1-10-3-2-4-14(15(10)18)19-9-12-7-13(16)6-5-11(12)8-17/h2-7H,9,18H2,1H3. The second kappa shape index (κ2) is 5.77. The topological polar surface area (TPSA) is 49.8 Å². The van der Waals surface area contributed by atoms with Gasteiger partial charge in [0.25, 0.3) is 0 Å². The van der Waals surface area contributed by atoms with Crippen LogP contribution >= 0.6 is 11.8 Å². The normalized spacial score (nSPS) is 10.2. The van der Waals surface area contributed by atoms with Gasteiger partial charge in [-0.05, 0) is 42.3 Å². The van der Waals surface area contributed by atoms with Crippen molar-refractivity contribution in [3.8, 4) is 6.07 Å². The summed E-state index contributed by atoms with van der Waals surface area (Å²) in [5.74, 6) is 0.195. The Balaban J connectivity index is 2.21. The third-order valence-electron chi connectivity index (χ3n) is 2.86. The molecule has 0 heterocycles. The average molecular weight is 272 g/mol. The first-order chi connectivity index (χ1) is 9.11. The van der Waals surface area contributed by atoms with Crippen LogP contribution in [0.3, 0.4) is 0 Å². The fraction of sp³-hybridized carbons (Fsp3) is 0.133. The van der Waals surface area contributed by atoms with Gasteiger partial charge in [0.1, 0.15) is 5.82 Å². The van der Waals surface area contributed by atoms with Crippen molar-refractivity contribution in [1.82, 2.24) is 0 Å². The lowest BCUT2D eigenvalue weighted by Crippen LogP contribution is -1.94. The molecule has 2 nitrogen and oxygen atoms in total. The predicted octanol–water partition coefficient (Wildman–Crippen LogP) is 3.88. The van der Waals surface area contributed by atoms with E-state index in [1.54, 1.807) is 0 Å². The number of thioether (sulfide) groups is 1. The summed E-state index contributed by atoms with van der Waals surface area (Å²) in [6.07, 6.45) is 0. The number of hydrogen-bond donors (Lipinski definition) is 1. The van der Waals surface area contributed by atoms with E-state index in [0.29, 0.717) is 16.9 Å². The molecule has 0 atom stereocenters. The quantitative estimate of drug-likeness (QED) is 0.681. The van der Waals surface area contributed by atoms with Crippen LogP contribution in [0.15, 0.2) is 41.3 Å². The van der Waals surface area contributed by atoms with Crippen molar-refractivity contribution in [3.05, 3.63) is 58.9 Å². The van der Waals surface area contributed by atoms with E-state index in [1.807, 2.05) is 25.1 Å². The molecule has 0 unspecified atom stereocenters. The van der Waals surface area contributed by atoms with Gasteiger partial charge >= 0.3 is 0 Å². The summed E-state index contributed by atoms with van der Waals surface area (Å²) in [7, 11) is 0. The number of nitrogen functional groups attached to an aromatic ring is 1. The van der Waals surface area contributed by atoms with Gasteiger partial charge in [0, 0.05) is 16.3 Å². The molecule has 0 fully saturated rings. The van der Waals surface area contributed by atoms with Gasteiger partial charge in [-0.2, -0.15) is 5.26 Å². The molecule has 0 aliphatic carbocycles. The van der Waals surface area contributed by atoms with Gasteiger partial charge in [0.2, 0.25) is 0 Å². The predicted molar refractivity (Wildman–Crippen MR) is 76.3 cm³/mol. The molecule has 0 saturated carbocycles. The second-order valence-electron chi connectivity index (χ2n) is 4.19. The van der Waals surface area contributed by atoms with Gasteiger partial charge in [-0.3, -0.25) is 0 Å². The number of nitrogens with zero attached hydrogens (tertiary/aromatic N) is 1. The van der Waals surface area contributed by atoms with Crippen molar-refractivity contribution in [3.63, 3.8) is 0 Å². The summed E-state index contributed by atoms with van der Waals surface area (Å²) >= 11 is 1.51. The minimum Gasteiger partial charge on any atom is -0.398 e. The van der Waals surface area contributed by atoms with Crippen LogP contribution in [-0.4, -0.2) is 0 Å². The third kappa shape index (κ3) is 3.07. The van der Waals surface area contributed by atoms with E-state index in [1.165, 1.54) is 30.0 Å². The van der Waals surface area contributed by atoms with Gasteiger partial charge in [0.15, 0.2) is 0 Å². The summed E-state index contributed by atoms with van der Waals surface area (Å²) < 4.78 is 13.2. The fourth-order valence-electron chi connectivity index (χ4n) is 1.73. The van der Waals surface area contributed by atoms with Crippen LogP contribution in [0.4, 0.5) is 10.1 Å². The third-order valence-corrected chi connectivity index (χ3v) is 3.98. The summed E-state index contributed by atoms with van der Waals surface area (Å²) in [5, 5.41) is 9.00. The van der Waals surface area contributed by atoms with E-state index in [-0.39, 0.29) is 5.82 Å². The van der Waals surface area contributed by atoms with Crippen LogP contribution in [0.5, 0.6) is 0 Å². The maximum Gasteiger partial charge on any atom is 0.123 e. The fourth-order valence-corrected chi connectivity index (χ4v) is 2.77. The lowest BCUT2D eigenvalue weighted by atomic mass is 10.1. The molecule has 0 aliphatic rings. The molecule has 0 amide bonds. The Bertz CT molecular complexity index is 647. The Morgan fingerprint density at radius 2 is 2.11 bits per heavy atom. The van der Waals surface area contributed by atoms with Crippen molar-refractivity contribution in [2.24, 2.45) is 0 Å². The highest BCUT2D eigenvalue weighted by molar-refractivity contribution is 7.98. The number of para-hydroxylation sites is 1. The number of nitrogens with two attached hydrogens (primary N) is 1. The van der Waals surface area contributed by atoms with Crippen molar-refractivity contribution < 1.29 is 4.39 Å². The summed E-state index contributed by atoms with van der Waals surface area (Å²) in [5.41, 5.74) is 8.93. The Morgan fingerprint density at radius 1 is 1.32 bits per heavy atom. The molecule has 2 aromatic carbocycles. The van der Waals surface area contributed by atoms with Gasteiger partial charge in [-0.1, -0.05) is 12.1 Å². The lowest BCUT2D eigenvalue weighted by molar-refractivity contribution is 0.626. The summed E-state index contributed by atoms with van der Waals surface area (Å²) in [4.78, 5) is 0.952. The van der Waals surface area contributed by atoms with E-state index in [9.17, 15) is 4.39 Å². The molecule has 96 valence electrons. The first-order valence-corrected chi connectivity index (χ1v) is 6.77. The largest absolute Gasteiger partial charge is 0.398 e. The second-order valence-corrected chi connectivity index (χ2v) is 5.21. The number of anilines is 1. The number of nitriles is 1. The molecule has 0 aromatic heterocycles. The number of aryl methyl sites for hydroxylation is 1. The van der Waals surface area contributed by atoms with Gasteiger partial charge < -0.3 is 5.73 Å². The van der Waals surface area contributed by atoms with Gasteiger partial charge in [-0.25, -0.2) is 4.39 Å². The highest BCUT2D eigenvalue weighted by Gasteiger charge is 2.07. The van der Waals surface area contributed by atoms with E-state index >= 15 is 0 Å². The molecule has 0 bridgehead atoms. The van der Waals surface area contributed by atoms with Crippen LogP contribution in [0, 0.1) is 24.1 Å². The molecule has 2 rings (SSSR count). The van der Waals surface area contributed by atoms with Crippen LogP contribution in [0.25, 0.3) is 0 Å². The number of halogens is 1. The van der Waals surface area contributed by atoms with Crippen LogP contribution < -0.4 is 5.73 Å². The molecule has 0 radical (unpaired) electrons.